The summed E-state index contributed by atoms with van der Waals surface area (Å²) in [5.74, 6) is -0.0986. The first-order chi connectivity index (χ1) is 8.30. The van der Waals surface area contributed by atoms with Gasteiger partial charge in [-0.25, -0.2) is 4.39 Å². The third kappa shape index (κ3) is 1.87. The third-order valence-corrected chi connectivity index (χ3v) is 4.15. The van der Waals surface area contributed by atoms with Crippen LogP contribution >= 0.6 is 11.3 Å². The second kappa shape index (κ2) is 4.20. The van der Waals surface area contributed by atoms with Gasteiger partial charge in [-0.05, 0) is 18.1 Å². The van der Waals surface area contributed by atoms with Crippen molar-refractivity contribution in [2.45, 2.75) is 11.8 Å². The summed E-state index contributed by atoms with van der Waals surface area (Å²) in [6.07, 6.45) is 2.75. The highest BCUT2D eigenvalue weighted by atomic mass is 32.1. The zero-order chi connectivity index (χ0) is 11.7. The van der Waals surface area contributed by atoms with E-state index >= 15 is 0 Å². The van der Waals surface area contributed by atoms with Crippen molar-refractivity contribution in [3.8, 4) is 0 Å². The Balaban J connectivity index is 1.95. The summed E-state index contributed by atoms with van der Waals surface area (Å²) in [6.45, 7) is 1.68. The van der Waals surface area contributed by atoms with Gasteiger partial charge in [0, 0.05) is 29.6 Å². The highest BCUT2D eigenvalue weighted by Gasteiger charge is 2.40. The minimum Gasteiger partial charge on any atom is -0.315 e. The van der Waals surface area contributed by atoms with Gasteiger partial charge in [0.2, 0.25) is 0 Å². The van der Waals surface area contributed by atoms with Crippen LogP contribution in [0.5, 0.6) is 0 Å². The SMILES string of the molecule is Fc1ccccc1C1(Cc2cncs2)CNC1. The molecule has 2 heterocycles. The molecule has 0 saturated carbocycles. The van der Waals surface area contributed by atoms with Gasteiger partial charge < -0.3 is 5.32 Å². The number of benzene rings is 1. The van der Waals surface area contributed by atoms with Crippen LogP contribution in [0.3, 0.4) is 0 Å². The third-order valence-electron chi connectivity index (χ3n) is 3.37. The van der Waals surface area contributed by atoms with Gasteiger partial charge in [-0.1, -0.05) is 18.2 Å². The van der Waals surface area contributed by atoms with Crippen molar-refractivity contribution in [2.75, 3.05) is 13.1 Å². The van der Waals surface area contributed by atoms with Gasteiger partial charge in [0.25, 0.3) is 0 Å². The number of nitrogens with zero attached hydrogens (tertiary/aromatic N) is 1. The Morgan fingerprint density at radius 1 is 1.35 bits per heavy atom. The molecule has 88 valence electrons. The molecule has 0 amide bonds. The Bertz CT molecular complexity index is 506. The maximum atomic E-state index is 13.9. The van der Waals surface area contributed by atoms with Crippen molar-refractivity contribution in [3.05, 3.63) is 52.2 Å². The Hall–Kier alpha value is -1.26. The molecule has 4 heteroatoms. The van der Waals surface area contributed by atoms with Crippen LogP contribution in [0.4, 0.5) is 4.39 Å². The minimum atomic E-state index is -0.0986. The Kier molecular flexibility index (Phi) is 2.68. The lowest BCUT2D eigenvalue weighted by Crippen LogP contribution is -2.58. The molecule has 0 bridgehead atoms. The first kappa shape index (κ1) is 10.9. The second-order valence-corrected chi connectivity index (χ2v) is 5.48. The van der Waals surface area contributed by atoms with E-state index in [0.717, 1.165) is 25.1 Å². The standard InChI is InChI=1S/C13H13FN2S/c14-12-4-2-1-3-11(12)13(7-16-8-13)5-10-6-15-9-17-10/h1-4,6,9,16H,5,7-8H2. The summed E-state index contributed by atoms with van der Waals surface area (Å²) in [6, 6.07) is 7.09. The van der Waals surface area contributed by atoms with Crippen LogP contribution in [0.15, 0.2) is 36.0 Å². The molecule has 1 N–H and O–H groups in total. The van der Waals surface area contributed by atoms with E-state index in [9.17, 15) is 4.39 Å². The van der Waals surface area contributed by atoms with Crippen LogP contribution in [0.2, 0.25) is 0 Å². The maximum absolute atomic E-state index is 13.9. The number of hydrogen-bond donors (Lipinski definition) is 1. The fourth-order valence-electron chi connectivity index (χ4n) is 2.39. The molecule has 2 aromatic rings. The van der Waals surface area contributed by atoms with Crippen LogP contribution < -0.4 is 5.32 Å². The van der Waals surface area contributed by atoms with E-state index in [1.807, 2.05) is 23.8 Å². The number of rotatable bonds is 3. The highest BCUT2D eigenvalue weighted by Crippen LogP contribution is 2.34. The number of nitrogens with one attached hydrogen (secondary N) is 1. The maximum Gasteiger partial charge on any atom is 0.127 e. The van der Waals surface area contributed by atoms with Gasteiger partial charge in [0.1, 0.15) is 5.82 Å². The average molecular weight is 248 g/mol. The van der Waals surface area contributed by atoms with E-state index in [0.29, 0.717) is 0 Å². The van der Waals surface area contributed by atoms with E-state index in [2.05, 4.69) is 10.3 Å². The van der Waals surface area contributed by atoms with Crippen molar-refractivity contribution in [1.29, 1.82) is 0 Å². The van der Waals surface area contributed by atoms with Gasteiger partial charge in [-0.15, -0.1) is 11.3 Å². The topological polar surface area (TPSA) is 24.9 Å². The highest BCUT2D eigenvalue weighted by molar-refractivity contribution is 7.09. The molecule has 0 unspecified atom stereocenters. The van der Waals surface area contributed by atoms with Crippen LogP contribution in [0.25, 0.3) is 0 Å². The zero-order valence-corrected chi connectivity index (χ0v) is 10.1. The van der Waals surface area contributed by atoms with E-state index in [4.69, 9.17) is 0 Å². The van der Waals surface area contributed by atoms with Crippen LogP contribution in [-0.4, -0.2) is 18.1 Å². The molecule has 17 heavy (non-hydrogen) atoms. The molecular formula is C13H13FN2S. The van der Waals surface area contributed by atoms with E-state index in [-0.39, 0.29) is 11.2 Å². The van der Waals surface area contributed by atoms with Crippen LogP contribution in [0.1, 0.15) is 10.4 Å². The number of aromatic nitrogens is 1. The predicted octanol–water partition coefficient (Wildman–Crippen LogP) is 2.37. The lowest BCUT2D eigenvalue weighted by Gasteiger charge is -2.43. The largest absolute Gasteiger partial charge is 0.315 e. The summed E-state index contributed by atoms with van der Waals surface area (Å²) in [7, 11) is 0. The molecule has 0 atom stereocenters. The molecule has 1 saturated heterocycles. The van der Waals surface area contributed by atoms with Crippen molar-refractivity contribution in [3.63, 3.8) is 0 Å². The molecule has 1 fully saturated rings. The molecular weight excluding hydrogens is 235 g/mol. The first-order valence-electron chi connectivity index (χ1n) is 5.63. The smallest absolute Gasteiger partial charge is 0.127 e. The van der Waals surface area contributed by atoms with Crippen LogP contribution in [-0.2, 0) is 11.8 Å². The van der Waals surface area contributed by atoms with E-state index < -0.39 is 0 Å². The molecule has 3 rings (SSSR count). The molecule has 1 aliphatic rings. The quantitative estimate of drug-likeness (QED) is 0.902. The van der Waals surface area contributed by atoms with Crippen LogP contribution in [0, 0.1) is 5.82 Å². The zero-order valence-electron chi connectivity index (χ0n) is 9.32. The molecule has 1 aromatic heterocycles. The average Bonchev–Trinajstić information content (AvgIpc) is 2.77. The van der Waals surface area contributed by atoms with Crippen molar-refractivity contribution in [2.24, 2.45) is 0 Å². The number of halogens is 1. The van der Waals surface area contributed by atoms with Crippen molar-refractivity contribution in [1.82, 2.24) is 10.3 Å². The molecule has 2 nitrogen and oxygen atoms in total. The summed E-state index contributed by atoms with van der Waals surface area (Å²) in [5, 5.41) is 3.26. The summed E-state index contributed by atoms with van der Waals surface area (Å²) in [5.41, 5.74) is 2.57. The van der Waals surface area contributed by atoms with Crippen molar-refractivity contribution >= 4 is 11.3 Å². The molecule has 1 aromatic carbocycles. The van der Waals surface area contributed by atoms with Gasteiger partial charge in [-0.2, -0.15) is 0 Å². The normalized spacial score (nSPS) is 17.7. The van der Waals surface area contributed by atoms with Gasteiger partial charge in [0.05, 0.1) is 5.51 Å². The monoisotopic (exact) mass is 248 g/mol. The van der Waals surface area contributed by atoms with Gasteiger partial charge >= 0.3 is 0 Å². The Morgan fingerprint density at radius 3 is 2.76 bits per heavy atom. The first-order valence-corrected chi connectivity index (χ1v) is 6.51. The molecule has 0 aliphatic carbocycles. The molecule has 0 spiro atoms. The fourth-order valence-corrected chi connectivity index (χ4v) is 3.13. The summed E-state index contributed by atoms with van der Waals surface area (Å²) < 4.78 is 13.9. The number of hydrogen-bond acceptors (Lipinski definition) is 3. The van der Waals surface area contributed by atoms with E-state index in [1.54, 1.807) is 23.5 Å². The Morgan fingerprint density at radius 2 is 2.18 bits per heavy atom. The number of thiazole rings is 1. The van der Waals surface area contributed by atoms with Gasteiger partial charge in [-0.3, -0.25) is 4.98 Å². The lowest BCUT2D eigenvalue weighted by atomic mass is 9.72. The second-order valence-electron chi connectivity index (χ2n) is 4.51. The molecule has 1 aliphatic heterocycles. The van der Waals surface area contributed by atoms with Gasteiger partial charge in [0.15, 0.2) is 0 Å². The summed E-state index contributed by atoms with van der Waals surface area (Å²) >= 11 is 1.64. The summed E-state index contributed by atoms with van der Waals surface area (Å²) in [4.78, 5) is 5.30. The van der Waals surface area contributed by atoms with Crippen molar-refractivity contribution < 1.29 is 4.39 Å². The lowest BCUT2D eigenvalue weighted by molar-refractivity contribution is 0.267. The Labute approximate surface area is 104 Å². The minimum absolute atomic E-state index is 0.0854. The predicted molar refractivity (Wildman–Crippen MR) is 66.8 cm³/mol. The fraction of sp³-hybridized carbons (Fsp3) is 0.308. The van der Waals surface area contributed by atoms with E-state index in [1.165, 1.54) is 4.88 Å². The molecule has 0 radical (unpaired) electrons.